The Kier molecular flexibility index (Phi) is 9.35. The first-order valence-corrected chi connectivity index (χ1v) is 7.03. The van der Waals surface area contributed by atoms with Crippen LogP contribution >= 0.6 is 0 Å². The molecule has 1 N–H and O–H groups in total. The highest BCUT2D eigenvalue weighted by Gasteiger charge is 2.11. The van der Waals surface area contributed by atoms with Crippen molar-refractivity contribution < 1.29 is 9.53 Å². The molecule has 1 aromatic carbocycles. The van der Waals surface area contributed by atoms with Gasteiger partial charge in [-0.2, -0.15) is 0 Å². The van der Waals surface area contributed by atoms with Crippen LogP contribution in [-0.2, 0) is 9.53 Å². The third-order valence-corrected chi connectivity index (χ3v) is 2.56. The van der Waals surface area contributed by atoms with E-state index in [-0.39, 0.29) is 5.91 Å². The summed E-state index contributed by atoms with van der Waals surface area (Å²) in [5, 5.41) is 2.83. The number of aryl methyl sites for hydroxylation is 1. The van der Waals surface area contributed by atoms with Gasteiger partial charge in [0.15, 0.2) is 0 Å². The minimum Gasteiger partial charge on any atom is -0.496 e. The van der Waals surface area contributed by atoms with Crippen LogP contribution in [0, 0.1) is 6.92 Å². The summed E-state index contributed by atoms with van der Waals surface area (Å²) >= 11 is 0. The van der Waals surface area contributed by atoms with Gasteiger partial charge >= 0.3 is 0 Å². The topological polar surface area (TPSA) is 38.3 Å². The molecule has 0 aliphatic rings. The number of anilines is 1. The second-order valence-electron chi connectivity index (χ2n) is 4.01. The molecule has 0 saturated heterocycles. The lowest BCUT2D eigenvalue weighted by Gasteiger charge is -2.09. The summed E-state index contributed by atoms with van der Waals surface area (Å²) < 4.78 is 5.14. The number of methoxy groups -OCH3 is 1. The molecule has 21 heavy (non-hydrogen) atoms. The normalized spacial score (nSPS) is 11.1. The first-order valence-electron chi connectivity index (χ1n) is 7.03. The molecule has 0 aromatic heterocycles. The van der Waals surface area contributed by atoms with Gasteiger partial charge in [-0.15, -0.1) is 0 Å². The minimum atomic E-state index is -0.223. The van der Waals surface area contributed by atoms with E-state index in [4.69, 9.17) is 4.74 Å². The van der Waals surface area contributed by atoms with E-state index in [2.05, 4.69) is 11.9 Å². The van der Waals surface area contributed by atoms with Gasteiger partial charge in [0.2, 0.25) is 0 Å². The Labute approximate surface area is 128 Å². The van der Waals surface area contributed by atoms with Crippen molar-refractivity contribution in [1.29, 1.82) is 0 Å². The van der Waals surface area contributed by atoms with E-state index in [1.807, 2.05) is 52.0 Å². The highest BCUT2D eigenvalue weighted by Crippen LogP contribution is 2.14. The Balaban J connectivity index is 0.00000191. The highest BCUT2D eigenvalue weighted by molar-refractivity contribution is 6.06. The van der Waals surface area contributed by atoms with Crippen molar-refractivity contribution in [3.05, 3.63) is 66.0 Å². The molecule has 1 aromatic rings. The van der Waals surface area contributed by atoms with Crippen LogP contribution in [0.15, 0.2) is 60.4 Å². The third kappa shape index (κ3) is 6.13. The number of nitrogens with one attached hydrogen (secondary N) is 1. The number of carbonyl (C=O) groups is 1. The van der Waals surface area contributed by atoms with Gasteiger partial charge in [0.05, 0.1) is 12.7 Å². The Morgan fingerprint density at radius 1 is 1.24 bits per heavy atom. The molecule has 0 unspecified atom stereocenters. The van der Waals surface area contributed by atoms with Crippen molar-refractivity contribution in [3.8, 4) is 0 Å². The van der Waals surface area contributed by atoms with Crippen LogP contribution in [0.2, 0.25) is 0 Å². The van der Waals surface area contributed by atoms with Crippen molar-refractivity contribution in [2.75, 3.05) is 12.4 Å². The van der Waals surface area contributed by atoms with E-state index >= 15 is 0 Å². The van der Waals surface area contributed by atoms with Crippen molar-refractivity contribution in [2.45, 2.75) is 27.7 Å². The van der Waals surface area contributed by atoms with Gasteiger partial charge in [-0.1, -0.05) is 44.2 Å². The van der Waals surface area contributed by atoms with Crippen LogP contribution in [0.25, 0.3) is 0 Å². The van der Waals surface area contributed by atoms with Crippen LogP contribution in [-0.4, -0.2) is 13.0 Å². The molecule has 3 nitrogen and oxygen atoms in total. The maximum Gasteiger partial charge on any atom is 0.259 e. The van der Waals surface area contributed by atoms with Crippen LogP contribution in [0.1, 0.15) is 26.3 Å². The van der Waals surface area contributed by atoms with Crippen LogP contribution in [0.3, 0.4) is 0 Å². The zero-order chi connectivity index (χ0) is 16.3. The van der Waals surface area contributed by atoms with Gasteiger partial charge in [-0.3, -0.25) is 4.79 Å². The quantitative estimate of drug-likeness (QED) is 0.487. The Morgan fingerprint density at radius 3 is 2.24 bits per heavy atom. The second kappa shape index (κ2) is 10.5. The van der Waals surface area contributed by atoms with Crippen LogP contribution in [0.5, 0.6) is 0 Å². The van der Waals surface area contributed by atoms with E-state index in [9.17, 15) is 4.79 Å². The number of hydrogen-bond acceptors (Lipinski definition) is 2. The van der Waals surface area contributed by atoms with Crippen molar-refractivity contribution in [2.24, 2.45) is 0 Å². The summed E-state index contributed by atoms with van der Waals surface area (Å²) in [5.41, 5.74) is 2.34. The van der Waals surface area contributed by atoms with Crippen molar-refractivity contribution >= 4 is 11.6 Å². The highest BCUT2D eigenvalue weighted by atomic mass is 16.5. The van der Waals surface area contributed by atoms with Crippen molar-refractivity contribution in [1.82, 2.24) is 0 Å². The van der Waals surface area contributed by atoms with E-state index in [0.717, 1.165) is 11.3 Å². The van der Waals surface area contributed by atoms with E-state index in [0.29, 0.717) is 11.3 Å². The number of allylic oxidation sites excluding steroid dienone is 2. The smallest absolute Gasteiger partial charge is 0.259 e. The van der Waals surface area contributed by atoms with E-state index in [1.165, 1.54) is 13.2 Å². The van der Waals surface area contributed by atoms with Gasteiger partial charge in [0.25, 0.3) is 5.91 Å². The summed E-state index contributed by atoms with van der Waals surface area (Å²) in [5.74, 6) is 0.224. The molecule has 0 aliphatic heterocycles. The summed E-state index contributed by atoms with van der Waals surface area (Å²) in [7, 11) is 1.51. The predicted octanol–water partition coefficient (Wildman–Crippen LogP) is 4.62. The molecule has 1 amide bonds. The number of benzene rings is 1. The minimum absolute atomic E-state index is 0.223. The summed E-state index contributed by atoms with van der Waals surface area (Å²) in [6, 6.07) is 7.61. The average molecular weight is 287 g/mol. The number of ether oxygens (including phenoxy) is 1. The molecule has 0 aliphatic carbocycles. The molecule has 0 bridgehead atoms. The molecule has 0 radical (unpaired) electrons. The number of carbonyl (C=O) groups excluding carboxylic acids is 1. The van der Waals surface area contributed by atoms with Gasteiger partial charge in [-0.05, 0) is 38.1 Å². The molecular formula is C18H25NO2. The molecule has 0 spiro atoms. The SMILES string of the molecule is C=C/C(OC)=C(\C=C/C)C(=O)Nc1ccc(C)cc1.CC. The maximum atomic E-state index is 12.2. The first kappa shape index (κ1) is 18.7. The molecular weight excluding hydrogens is 262 g/mol. The summed E-state index contributed by atoms with van der Waals surface area (Å²) in [6.45, 7) is 11.5. The van der Waals surface area contributed by atoms with E-state index in [1.54, 1.807) is 12.2 Å². The molecule has 1 rings (SSSR count). The Hall–Kier alpha value is -2.29. The standard InChI is InChI=1S/C16H19NO2.C2H6/c1-5-7-14(15(6-2)19-4)16(18)17-13-10-8-12(3)9-11-13;1-2/h5-11H,2H2,1,3-4H3,(H,17,18);1-2H3/b7-5-,15-14-;. The van der Waals surface area contributed by atoms with Crippen molar-refractivity contribution in [3.63, 3.8) is 0 Å². The molecule has 0 fully saturated rings. The first-order chi connectivity index (χ1) is 10.1. The lowest BCUT2D eigenvalue weighted by atomic mass is 10.1. The maximum absolute atomic E-state index is 12.2. The monoisotopic (exact) mass is 287 g/mol. The second-order valence-corrected chi connectivity index (χ2v) is 4.01. The molecule has 3 heteroatoms. The largest absolute Gasteiger partial charge is 0.496 e. The third-order valence-electron chi connectivity index (χ3n) is 2.56. The number of amides is 1. The fraction of sp³-hybridized carbons (Fsp3) is 0.278. The summed E-state index contributed by atoms with van der Waals surface area (Å²) in [6.07, 6.45) is 5.00. The molecule has 114 valence electrons. The Bertz CT molecular complexity index is 511. The molecule has 0 atom stereocenters. The lowest BCUT2D eigenvalue weighted by molar-refractivity contribution is -0.112. The number of hydrogen-bond donors (Lipinski definition) is 1. The van der Waals surface area contributed by atoms with E-state index < -0.39 is 0 Å². The predicted molar refractivity (Wildman–Crippen MR) is 90.2 cm³/mol. The van der Waals surface area contributed by atoms with Gasteiger partial charge in [0, 0.05) is 5.69 Å². The summed E-state index contributed by atoms with van der Waals surface area (Å²) in [4.78, 5) is 12.2. The fourth-order valence-corrected chi connectivity index (χ4v) is 1.57. The molecule has 0 saturated carbocycles. The van der Waals surface area contributed by atoms with Gasteiger partial charge in [-0.25, -0.2) is 0 Å². The van der Waals surface area contributed by atoms with Crippen LogP contribution < -0.4 is 5.32 Å². The van der Waals surface area contributed by atoms with Gasteiger partial charge < -0.3 is 10.1 Å². The zero-order valence-corrected chi connectivity index (χ0v) is 13.6. The lowest BCUT2D eigenvalue weighted by Crippen LogP contribution is -2.15. The van der Waals surface area contributed by atoms with Gasteiger partial charge in [0.1, 0.15) is 5.76 Å². The Morgan fingerprint density at radius 2 is 1.81 bits per heavy atom. The fourth-order valence-electron chi connectivity index (χ4n) is 1.57. The average Bonchev–Trinajstić information content (AvgIpc) is 2.52. The van der Waals surface area contributed by atoms with Crippen LogP contribution in [0.4, 0.5) is 5.69 Å². The molecule has 0 heterocycles. The zero-order valence-electron chi connectivity index (χ0n) is 13.6. The number of rotatable bonds is 5.